The van der Waals surface area contributed by atoms with E-state index >= 15 is 0 Å². The molecule has 5 heteroatoms. The van der Waals surface area contributed by atoms with Crippen molar-refractivity contribution >= 4 is 5.91 Å². The van der Waals surface area contributed by atoms with Gasteiger partial charge in [0.1, 0.15) is 0 Å². The van der Waals surface area contributed by atoms with Gasteiger partial charge in [0.2, 0.25) is 5.91 Å². The third-order valence-corrected chi connectivity index (χ3v) is 3.14. The van der Waals surface area contributed by atoms with E-state index in [1.807, 2.05) is 0 Å². The van der Waals surface area contributed by atoms with Crippen LogP contribution in [0.2, 0.25) is 0 Å². The molecule has 0 aliphatic heterocycles. The maximum Gasteiger partial charge on any atom is 0.237 e. The van der Waals surface area contributed by atoms with Crippen molar-refractivity contribution in [2.45, 2.75) is 38.6 Å². The van der Waals surface area contributed by atoms with E-state index in [2.05, 4.69) is 30.8 Å². The zero-order valence-electron chi connectivity index (χ0n) is 12.4. The highest BCUT2D eigenvalue weighted by molar-refractivity contribution is 5.83. The first-order valence-electron chi connectivity index (χ1n) is 6.75. The van der Waals surface area contributed by atoms with Crippen LogP contribution in [0.4, 0.5) is 0 Å². The normalized spacial score (nSPS) is 15.1. The smallest absolute Gasteiger partial charge is 0.237 e. The fraction of sp³-hybridized carbons (Fsp3) is 0.923. The minimum absolute atomic E-state index is 0.419. The summed E-state index contributed by atoms with van der Waals surface area (Å²) in [6, 6.07) is 0. The molecule has 0 aromatic heterocycles. The van der Waals surface area contributed by atoms with Crippen LogP contribution in [0, 0.1) is 0 Å². The van der Waals surface area contributed by atoms with Gasteiger partial charge in [0, 0.05) is 13.1 Å². The van der Waals surface area contributed by atoms with Gasteiger partial charge in [-0.2, -0.15) is 0 Å². The molecule has 0 heterocycles. The van der Waals surface area contributed by atoms with Crippen molar-refractivity contribution in [3.05, 3.63) is 0 Å². The van der Waals surface area contributed by atoms with Crippen molar-refractivity contribution in [2.75, 3.05) is 40.3 Å². The molecule has 1 unspecified atom stereocenters. The van der Waals surface area contributed by atoms with Gasteiger partial charge in [-0.1, -0.05) is 6.92 Å². The molecule has 0 spiro atoms. The second kappa shape index (κ2) is 8.45. The molecule has 0 aliphatic carbocycles. The SMILES string of the molecule is CCCN(CCCC(C)(N)C(N)=O)CCN(C)C. The van der Waals surface area contributed by atoms with Crippen molar-refractivity contribution in [1.82, 2.24) is 9.80 Å². The van der Waals surface area contributed by atoms with E-state index in [-0.39, 0.29) is 0 Å². The number of rotatable bonds is 10. The first kappa shape index (κ1) is 17.4. The van der Waals surface area contributed by atoms with Crippen molar-refractivity contribution in [3.8, 4) is 0 Å². The van der Waals surface area contributed by atoms with Gasteiger partial charge in [-0.25, -0.2) is 0 Å². The van der Waals surface area contributed by atoms with Crippen LogP contribution < -0.4 is 11.5 Å². The molecule has 0 rings (SSSR count). The standard InChI is InChI=1S/C13H30N4O/c1-5-8-17(11-10-16(3)4)9-6-7-13(2,15)12(14)18/h5-11,15H2,1-4H3,(H2,14,18). The van der Waals surface area contributed by atoms with Crippen molar-refractivity contribution < 1.29 is 4.79 Å². The lowest BCUT2D eigenvalue weighted by Gasteiger charge is -2.26. The van der Waals surface area contributed by atoms with E-state index in [4.69, 9.17) is 11.5 Å². The van der Waals surface area contributed by atoms with E-state index in [1.165, 1.54) is 0 Å². The lowest BCUT2D eigenvalue weighted by molar-refractivity contribution is -0.122. The number of primary amides is 1. The predicted molar refractivity (Wildman–Crippen MR) is 76.3 cm³/mol. The van der Waals surface area contributed by atoms with Crippen LogP contribution in [0.1, 0.15) is 33.1 Å². The largest absolute Gasteiger partial charge is 0.368 e. The van der Waals surface area contributed by atoms with E-state index in [9.17, 15) is 4.79 Å². The third-order valence-electron chi connectivity index (χ3n) is 3.14. The van der Waals surface area contributed by atoms with E-state index < -0.39 is 11.4 Å². The first-order chi connectivity index (χ1) is 8.29. The molecule has 0 fully saturated rings. The monoisotopic (exact) mass is 258 g/mol. The Morgan fingerprint density at radius 2 is 1.78 bits per heavy atom. The highest BCUT2D eigenvalue weighted by Crippen LogP contribution is 2.09. The van der Waals surface area contributed by atoms with Crippen LogP contribution in [0.5, 0.6) is 0 Å². The van der Waals surface area contributed by atoms with Crippen LogP contribution in [-0.4, -0.2) is 61.5 Å². The van der Waals surface area contributed by atoms with Gasteiger partial charge in [-0.3, -0.25) is 4.79 Å². The number of carbonyl (C=O) groups excluding carboxylic acids is 1. The molecule has 18 heavy (non-hydrogen) atoms. The van der Waals surface area contributed by atoms with Crippen molar-refractivity contribution in [2.24, 2.45) is 11.5 Å². The number of hydrogen-bond donors (Lipinski definition) is 2. The fourth-order valence-corrected chi connectivity index (χ4v) is 1.79. The van der Waals surface area contributed by atoms with Gasteiger partial charge in [0.05, 0.1) is 5.54 Å². The van der Waals surface area contributed by atoms with Gasteiger partial charge in [-0.15, -0.1) is 0 Å². The molecule has 0 aromatic carbocycles. The number of nitrogens with zero attached hydrogens (tertiary/aromatic N) is 2. The highest BCUT2D eigenvalue weighted by Gasteiger charge is 2.24. The Morgan fingerprint density at radius 1 is 1.17 bits per heavy atom. The maximum absolute atomic E-state index is 11.1. The fourth-order valence-electron chi connectivity index (χ4n) is 1.79. The van der Waals surface area contributed by atoms with Crippen LogP contribution in [0.3, 0.4) is 0 Å². The van der Waals surface area contributed by atoms with Gasteiger partial charge < -0.3 is 21.3 Å². The van der Waals surface area contributed by atoms with Gasteiger partial charge >= 0.3 is 0 Å². The molecule has 4 N–H and O–H groups in total. The number of nitrogens with two attached hydrogens (primary N) is 2. The molecule has 0 saturated heterocycles. The summed E-state index contributed by atoms with van der Waals surface area (Å²) < 4.78 is 0. The summed E-state index contributed by atoms with van der Waals surface area (Å²) in [5, 5.41) is 0. The average Bonchev–Trinajstić information content (AvgIpc) is 2.25. The van der Waals surface area contributed by atoms with Crippen LogP contribution in [0.25, 0.3) is 0 Å². The summed E-state index contributed by atoms with van der Waals surface area (Å²) in [5.74, 6) is -0.419. The topological polar surface area (TPSA) is 75.6 Å². The quantitative estimate of drug-likeness (QED) is 0.589. The Bertz CT molecular complexity index is 241. The summed E-state index contributed by atoms with van der Waals surface area (Å²) in [7, 11) is 4.16. The van der Waals surface area contributed by atoms with E-state index in [0.717, 1.165) is 39.0 Å². The van der Waals surface area contributed by atoms with Crippen molar-refractivity contribution in [1.29, 1.82) is 0 Å². The van der Waals surface area contributed by atoms with Crippen molar-refractivity contribution in [3.63, 3.8) is 0 Å². The average molecular weight is 258 g/mol. The zero-order valence-corrected chi connectivity index (χ0v) is 12.4. The molecule has 108 valence electrons. The third kappa shape index (κ3) is 7.63. The highest BCUT2D eigenvalue weighted by atomic mass is 16.1. The minimum atomic E-state index is -0.876. The second-order valence-corrected chi connectivity index (χ2v) is 5.53. The Labute approximate surface area is 111 Å². The number of likely N-dealkylation sites (N-methyl/N-ethyl adjacent to an activating group) is 1. The maximum atomic E-state index is 11.1. The second-order valence-electron chi connectivity index (χ2n) is 5.53. The van der Waals surface area contributed by atoms with Crippen LogP contribution in [-0.2, 0) is 4.79 Å². The molecule has 0 aliphatic rings. The molecule has 5 nitrogen and oxygen atoms in total. The Kier molecular flexibility index (Phi) is 8.15. The Morgan fingerprint density at radius 3 is 2.22 bits per heavy atom. The van der Waals surface area contributed by atoms with Crippen LogP contribution in [0.15, 0.2) is 0 Å². The summed E-state index contributed by atoms with van der Waals surface area (Å²) in [6.45, 7) is 8.06. The van der Waals surface area contributed by atoms with Gasteiger partial charge in [0.15, 0.2) is 0 Å². The minimum Gasteiger partial charge on any atom is -0.368 e. The molecule has 0 saturated carbocycles. The Balaban J connectivity index is 4.00. The summed E-state index contributed by atoms with van der Waals surface area (Å²) in [6.07, 6.45) is 2.69. The molecule has 0 aromatic rings. The zero-order chi connectivity index (χ0) is 14.2. The van der Waals surface area contributed by atoms with Crippen LogP contribution >= 0.6 is 0 Å². The Hall–Kier alpha value is -0.650. The summed E-state index contributed by atoms with van der Waals surface area (Å²) in [4.78, 5) is 15.7. The first-order valence-corrected chi connectivity index (χ1v) is 6.75. The predicted octanol–water partition coefficient (Wildman–Crippen LogP) is 0.243. The van der Waals surface area contributed by atoms with Gasteiger partial charge in [-0.05, 0) is 53.4 Å². The molecule has 1 atom stereocenters. The van der Waals surface area contributed by atoms with E-state index in [1.54, 1.807) is 6.92 Å². The molecule has 0 radical (unpaired) electrons. The molecular weight excluding hydrogens is 228 g/mol. The lowest BCUT2D eigenvalue weighted by atomic mass is 9.96. The molecular formula is C13H30N4O. The molecule has 1 amide bonds. The number of amides is 1. The van der Waals surface area contributed by atoms with Gasteiger partial charge in [0.25, 0.3) is 0 Å². The summed E-state index contributed by atoms with van der Waals surface area (Å²) >= 11 is 0. The summed E-state index contributed by atoms with van der Waals surface area (Å²) in [5.41, 5.74) is 10.2. The number of hydrogen-bond acceptors (Lipinski definition) is 4. The van der Waals surface area contributed by atoms with E-state index in [0.29, 0.717) is 6.42 Å². The molecule has 0 bridgehead atoms. The lowest BCUT2D eigenvalue weighted by Crippen LogP contribution is -2.49. The number of carbonyl (C=O) groups is 1.